The third kappa shape index (κ3) is 7.95. The highest BCUT2D eigenvalue weighted by molar-refractivity contribution is 6.28. The number of ether oxygens (including phenoxy) is 2. The molecule has 1 amide bonds. The van der Waals surface area contributed by atoms with Crippen LogP contribution in [0.1, 0.15) is 27.2 Å². The monoisotopic (exact) mass is 607 g/mol. The van der Waals surface area contributed by atoms with Gasteiger partial charge < -0.3 is 31.6 Å². The summed E-state index contributed by atoms with van der Waals surface area (Å²) in [5, 5.41) is 5.53. The number of rotatable bonds is 11. The van der Waals surface area contributed by atoms with Crippen molar-refractivity contribution in [3.05, 3.63) is 106 Å². The van der Waals surface area contributed by atoms with Gasteiger partial charge in [0.25, 0.3) is 5.91 Å². The topological polar surface area (TPSA) is 150 Å². The molecule has 4 rings (SSSR count). The maximum Gasteiger partial charge on any atom is 0.272 e. The Balaban J connectivity index is 1.47. The Kier molecular flexibility index (Phi) is 10.1. The van der Waals surface area contributed by atoms with E-state index in [4.69, 9.17) is 32.5 Å². The Morgan fingerprint density at radius 3 is 2.47 bits per heavy atom. The molecule has 0 radical (unpaired) electrons. The van der Waals surface area contributed by atoms with Crippen molar-refractivity contribution in [3.63, 3.8) is 0 Å². The van der Waals surface area contributed by atoms with Crippen LogP contribution >= 0.6 is 11.6 Å². The lowest BCUT2D eigenvalue weighted by Crippen LogP contribution is -2.26. The van der Waals surface area contributed by atoms with E-state index in [1.54, 1.807) is 25.3 Å². The van der Waals surface area contributed by atoms with Crippen LogP contribution in [0.3, 0.4) is 0 Å². The molecule has 222 valence electrons. The van der Waals surface area contributed by atoms with Gasteiger partial charge in [-0.05, 0) is 77.3 Å². The molecule has 0 saturated carbocycles. The number of carbonyl (C=O) groups excluding carboxylic acids is 1. The molecule has 0 spiro atoms. The van der Waals surface area contributed by atoms with Crippen molar-refractivity contribution in [2.45, 2.75) is 13.1 Å². The van der Waals surface area contributed by atoms with Crippen molar-refractivity contribution in [3.8, 4) is 11.5 Å². The Morgan fingerprint density at radius 1 is 1.00 bits per heavy atom. The number of anilines is 2. The van der Waals surface area contributed by atoms with E-state index in [0.717, 1.165) is 5.56 Å². The normalized spacial score (nSPS) is 11.4. The number of amides is 1. The molecule has 1 aromatic heterocycles. The molecule has 4 aromatic rings. The Hall–Kier alpha value is -5.23. The van der Waals surface area contributed by atoms with Crippen LogP contribution in [0.5, 0.6) is 11.5 Å². The van der Waals surface area contributed by atoms with Crippen molar-refractivity contribution >= 4 is 46.5 Å². The van der Waals surface area contributed by atoms with Gasteiger partial charge in [0.15, 0.2) is 11.5 Å². The maximum absolute atomic E-state index is 14.5. The molecule has 0 fully saturated rings. The summed E-state index contributed by atoms with van der Waals surface area (Å²) in [6, 6.07) is 15.0. The molecule has 0 aliphatic rings. The predicted molar refractivity (Wildman–Crippen MR) is 163 cm³/mol. The second-order valence-corrected chi connectivity index (χ2v) is 9.36. The number of nitrogens with two attached hydrogens (primary N) is 2. The van der Waals surface area contributed by atoms with Crippen LogP contribution in [-0.2, 0) is 13.1 Å². The molecule has 0 bridgehead atoms. The van der Waals surface area contributed by atoms with E-state index in [0.29, 0.717) is 33.9 Å². The van der Waals surface area contributed by atoms with Gasteiger partial charge in [-0.3, -0.25) is 9.79 Å². The number of carbonyl (C=O) groups is 1. The van der Waals surface area contributed by atoms with Gasteiger partial charge in [-0.2, -0.15) is 4.98 Å². The van der Waals surface area contributed by atoms with Gasteiger partial charge >= 0.3 is 0 Å². The van der Waals surface area contributed by atoms with Crippen LogP contribution in [0, 0.1) is 11.6 Å². The van der Waals surface area contributed by atoms with Gasteiger partial charge in [-0.25, -0.2) is 13.8 Å². The molecule has 3 aromatic carbocycles. The number of benzene rings is 3. The number of methoxy groups -OCH3 is 2. The molecule has 0 aliphatic carbocycles. The summed E-state index contributed by atoms with van der Waals surface area (Å²) in [7, 11) is 3.09. The average Bonchev–Trinajstić information content (AvgIpc) is 3.01. The van der Waals surface area contributed by atoms with Crippen LogP contribution in [0.4, 0.5) is 26.0 Å². The highest BCUT2D eigenvalue weighted by atomic mass is 35.5. The number of aromatic nitrogens is 2. The van der Waals surface area contributed by atoms with Crippen LogP contribution in [0.2, 0.25) is 5.28 Å². The van der Waals surface area contributed by atoms with E-state index in [2.05, 4.69) is 25.6 Å². The molecular formula is C30H28ClF2N7O3. The first-order valence-electron chi connectivity index (χ1n) is 12.8. The van der Waals surface area contributed by atoms with Gasteiger partial charge in [0, 0.05) is 42.7 Å². The highest BCUT2D eigenvalue weighted by Crippen LogP contribution is 2.27. The molecule has 10 nitrogen and oxygen atoms in total. The Labute approximate surface area is 251 Å². The SMILES string of the molecule is COc1ccc(CNc2nc(Cl)nc(C(=O)NCc3cc(F)cc(C(C=Nc4ccc(F)cc4)=CN)c3)c2N)c(OC)c1. The predicted octanol–water partition coefficient (Wildman–Crippen LogP) is 5.25. The van der Waals surface area contributed by atoms with E-state index in [9.17, 15) is 13.6 Å². The molecule has 0 unspecified atom stereocenters. The van der Waals surface area contributed by atoms with Crippen molar-refractivity contribution in [2.75, 3.05) is 25.3 Å². The van der Waals surface area contributed by atoms with E-state index >= 15 is 0 Å². The van der Waals surface area contributed by atoms with Crippen molar-refractivity contribution in [1.29, 1.82) is 0 Å². The lowest BCUT2D eigenvalue weighted by atomic mass is 10.0. The van der Waals surface area contributed by atoms with E-state index < -0.39 is 17.5 Å². The molecule has 0 saturated heterocycles. The first-order chi connectivity index (χ1) is 20.7. The fourth-order valence-electron chi connectivity index (χ4n) is 4.00. The third-order valence-corrected chi connectivity index (χ3v) is 6.35. The summed E-state index contributed by atoms with van der Waals surface area (Å²) in [4.78, 5) is 25.4. The largest absolute Gasteiger partial charge is 0.497 e. The number of hydrogen-bond acceptors (Lipinski definition) is 9. The summed E-state index contributed by atoms with van der Waals surface area (Å²) >= 11 is 6.10. The minimum atomic E-state index is -0.648. The van der Waals surface area contributed by atoms with Gasteiger partial charge in [0.1, 0.15) is 28.8 Å². The summed E-state index contributed by atoms with van der Waals surface area (Å²) in [6.45, 7) is 0.183. The summed E-state index contributed by atoms with van der Waals surface area (Å²) in [5.74, 6) is -0.242. The molecule has 0 atom stereocenters. The first kappa shape index (κ1) is 30.7. The molecular weight excluding hydrogens is 580 g/mol. The van der Waals surface area contributed by atoms with Crippen LogP contribution in [-0.4, -0.2) is 36.3 Å². The fraction of sp³-hybridized carbons (Fsp3) is 0.133. The molecule has 43 heavy (non-hydrogen) atoms. The number of halogens is 3. The van der Waals surface area contributed by atoms with Crippen molar-refractivity contribution in [2.24, 2.45) is 10.7 Å². The lowest BCUT2D eigenvalue weighted by Gasteiger charge is -2.14. The van der Waals surface area contributed by atoms with Crippen molar-refractivity contribution in [1.82, 2.24) is 15.3 Å². The van der Waals surface area contributed by atoms with Crippen molar-refractivity contribution < 1.29 is 23.0 Å². The number of allylic oxidation sites excluding steroid dienone is 1. The smallest absolute Gasteiger partial charge is 0.272 e. The first-order valence-corrected chi connectivity index (χ1v) is 13.2. The number of hydrogen-bond donors (Lipinski definition) is 4. The zero-order valence-corrected chi connectivity index (χ0v) is 24.0. The van der Waals surface area contributed by atoms with Gasteiger partial charge in [-0.15, -0.1) is 0 Å². The minimum absolute atomic E-state index is 0.0281. The van der Waals surface area contributed by atoms with E-state index in [1.165, 1.54) is 55.9 Å². The number of nitrogens with zero attached hydrogens (tertiary/aromatic N) is 3. The highest BCUT2D eigenvalue weighted by Gasteiger charge is 2.18. The van der Waals surface area contributed by atoms with Crippen LogP contribution in [0.15, 0.2) is 71.9 Å². The Morgan fingerprint density at radius 2 is 1.77 bits per heavy atom. The molecule has 1 heterocycles. The number of aliphatic imine (C=N–C) groups is 1. The second kappa shape index (κ2) is 14.1. The fourth-order valence-corrected chi connectivity index (χ4v) is 4.17. The maximum atomic E-state index is 14.5. The summed E-state index contributed by atoms with van der Waals surface area (Å²) < 4.78 is 38.3. The molecule has 0 aliphatic heterocycles. The second-order valence-electron chi connectivity index (χ2n) is 9.02. The zero-order chi connectivity index (χ0) is 30.9. The lowest BCUT2D eigenvalue weighted by molar-refractivity contribution is 0.0946. The quantitative estimate of drug-likeness (QED) is 0.133. The van der Waals surface area contributed by atoms with E-state index in [-0.39, 0.29) is 35.6 Å². The third-order valence-electron chi connectivity index (χ3n) is 6.18. The average molecular weight is 608 g/mol. The summed E-state index contributed by atoms with van der Waals surface area (Å²) in [6.07, 6.45) is 2.70. The molecule has 13 heteroatoms. The van der Waals surface area contributed by atoms with Crippen LogP contribution in [0.25, 0.3) is 5.57 Å². The molecule has 6 N–H and O–H groups in total. The number of nitrogen functional groups attached to an aromatic ring is 1. The van der Waals surface area contributed by atoms with Gasteiger partial charge in [0.2, 0.25) is 5.28 Å². The zero-order valence-electron chi connectivity index (χ0n) is 23.2. The Bertz CT molecular complexity index is 1680. The minimum Gasteiger partial charge on any atom is -0.497 e. The standard InChI is InChI=1S/C30H28ClF2N7O3/c1-42-24-8-3-18(25(12-24)43-2)15-37-28-26(35)27(39-30(31)40-28)29(41)38-14-17-9-19(11-22(33)10-17)20(13-34)16-36-23-6-4-21(32)5-7-23/h3-13,16H,14-15,34-35H2,1-2H3,(H,38,41)(H,37,39,40). The van der Waals surface area contributed by atoms with Crippen LogP contribution < -0.4 is 31.6 Å². The number of nitrogens with one attached hydrogen (secondary N) is 2. The van der Waals surface area contributed by atoms with Gasteiger partial charge in [-0.1, -0.05) is 0 Å². The van der Waals surface area contributed by atoms with Gasteiger partial charge in [0.05, 0.1) is 19.9 Å². The summed E-state index contributed by atoms with van der Waals surface area (Å²) in [5.41, 5.74) is 14.3. The van der Waals surface area contributed by atoms with E-state index in [1.807, 2.05) is 6.07 Å².